The van der Waals surface area contributed by atoms with E-state index < -0.39 is 21.8 Å². The van der Waals surface area contributed by atoms with E-state index in [0.29, 0.717) is 37.5 Å². The van der Waals surface area contributed by atoms with Crippen LogP contribution in [0.1, 0.15) is 12.8 Å². The molecule has 2 aromatic carbocycles. The molecule has 1 aromatic heterocycles. The minimum Gasteiger partial charge on any atom is -0.383 e. The molecule has 1 atom stereocenters. The predicted octanol–water partition coefficient (Wildman–Crippen LogP) is 3.66. The largest absolute Gasteiger partial charge is 0.383 e. The van der Waals surface area contributed by atoms with Crippen LogP contribution in [-0.2, 0) is 14.8 Å². The van der Waals surface area contributed by atoms with Gasteiger partial charge in [0.25, 0.3) is 0 Å². The van der Waals surface area contributed by atoms with Crippen LogP contribution >= 0.6 is 11.6 Å². The first-order valence-corrected chi connectivity index (χ1v) is 12.5. The molecule has 1 saturated heterocycles. The molecule has 1 aliphatic rings. The van der Waals surface area contributed by atoms with E-state index >= 15 is 0 Å². The summed E-state index contributed by atoms with van der Waals surface area (Å²) in [6.45, 7) is 1.33. The second-order valence-electron chi connectivity index (χ2n) is 7.89. The van der Waals surface area contributed by atoms with E-state index in [4.69, 9.17) is 11.6 Å². The third-order valence-electron chi connectivity index (χ3n) is 5.65. The zero-order chi connectivity index (χ0) is 23.4. The molecule has 2 N–H and O–H groups in total. The van der Waals surface area contributed by atoms with Crippen molar-refractivity contribution >= 4 is 44.1 Å². The molecule has 1 aliphatic heterocycles. The van der Waals surface area contributed by atoms with Crippen molar-refractivity contribution in [3.63, 3.8) is 0 Å². The lowest BCUT2D eigenvalue weighted by Gasteiger charge is -2.31. The van der Waals surface area contributed by atoms with Gasteiger partial charge in [-0.2, -0.15) is 4.31 Å². The van der Waals surface area contributed by atoms with Gasteiger partial charge in [-0.05, 0) is 61.4 Å². The summed E-state index contributed by atoms with van der Waals surface area (Å²) in [6, 6.07) is 12.1. The van der Waals surface area contributed by atoms with Crippen molar-refractivity contribution in [2.24, 2.45) is 5.92 Å². The number of nitrogens with one attached hydrogen (secondary N) is 2. The Hall–Kier alpha value is -2.75. The van der Waals surface area contributed by atoms with Gasteiger partial charge < -0.3 is 10.6 Å². The van der Waals surface area contributed by atoms with E-state index in [0.717, 1.165) is 28.7 Å². The molecule has 2 heterocycles. The molecule has 33 heavy (non-hydrogen) atoms. The topological polar surface area (TPSA) is 91.4 Å². The minimum atomic E-state index is -3.77. The van der Waals surface area contributed by atoms with Gasteiger partial charge in [0.2, 0.25) is 15.9 Å². The SMILES string of the molecule is O=C(NCCNc1ccnc2cc(Cl)ccc12)C1CCCN(S(=O)(=O)c2ccc(F)cc2)C1. The summed E-state index contributed by atoms with van der Waals surface area (Å²) in [5, 5.41) is 7.73. The number of halogens is 2. The van der Waals surface area contributed by atoms with Gasteiger partial charge in [-0.1, -0.05) is 11.6 Å². The van der Waals surface area contributed by atoms with Gasteiger partial charge in [0.05, 0.1) is 16.3 Å². The summed E-state index contributed by atoms with van der Waals surface area (Å²) in [5.41, 5.74) is 1.67. The molecule has 4 rings (SSSR count). The van der Waals surface area contributed by atoms with Crippen molar-refractivity contribution in [1.29, 1.82) is 0 Å². The van der Waals surface area contributed by atoms with E-state index in [1.165, 1.54) is 16.4 Å². The first-order valence-electron chi connectivity index (χ1n) is 10.7. The number of pyridine rings is 1. The second-order valence-corrected chi connectivity index (χ2v) is 10.3. The lowest BCUT2D eigenvalue weighted by atomic mass is 9.99. The van der Waals surface area contributed by atoms with Gasteiger partial charge >= 0.3 is 0 Å². The molecular weight excluding hydrogens is 467 g/mol. The van der Waals surface area contributed by atoms with Crippen LogP contribution in [0.15, 0.2) is 59.6 Å². The third-order valence-corrected chi connectivity index (χ3v) is 7.77. The Morgan fingerprint density at radius 3 is 2.73 bits per heavy atom. The molecule has 0 bridgehead atoms. The summed E-state index contributed by atoms with van der Waals surface area (Å²) in [6.07, 6.45) is 2.89. The number of aromatic nitrogens is 1. The quantitative estimate of drug-likeness (QED) is 0.493. The smallest absolute Gasteiger partial charge is 0.243 e. The number of nitrogens with zero attached hydrogens (tertiary/aromatic N) is 2. The molecule has 174 valence electrons. The average molecular weight is 491 g/mol. The summed E-state index contributed by atoms with van der Waals surface area (Å²) >= 11 is 6.02. The highest BCUT2D eigenvalue weighted by Gasteiger charge is 2.33. The first-order chi connectivity index (χ1) is 15.8. The summed E-state index contributed by atoms with van der Waals surface area (Å²) in [5.74, 6) is -1.11. The van der Waals surface area contributed by atoms with Crippen LogP contribution in [0.5, 0.6) is 0 Å². The molecule has 7 nitrogen and oxygen atoms in total. The highest BCUT2D eigenvalue weighted by atomic mass is 35.5. The number of carbonyl (C=O) groups is 1. The molecule has 1 fully saturated rings. The monoisotopic (exact) mass is 490 g/mol. The van der Waals surface area contributed by atoms with Crippen LogP contribution in [-0.4, -0.2) is 49.8 Å². The Bertz CT molecular complexity index is 1250. The Morgan fingerprint density at radius 2 is 1.94 bits per heavy atom. The van der Waals surface area contributed by atoms with E-state index in [-0.39, 0.29) is 17.3 Å². The number of rotatable bonds is 7. The Kier molecular flexibility index (Phi) is 7.11. The number of piperidine rings is 1. The number of sulfonamides is 1. The van der Waals surface area contributed by atoms with Crippen LogP contribution in [0.25, 0.3) is 10.9 Å². The maximum absolute atomic E-state index is 13.2. The van der Waals surface area contributed by atoms with Crippen molar-refractivity contribution in [1.82, 2.24) is 14.6 Å². The van der Waals surface area contributed by atoms with Gasteiger partial charge in [0, 0.05) is 48.5 Å². The molecule has 10 heteroatoms. The average Bonchev–Trinajstić information content (AvgIpc) is 2.82. The molecular formula is C23H24ClFN4O3S. The van der Waals surface area contributed by atoms with Crippen LogP contribution in [0, 0.1) is 11.7 Å². The fraction of sp³-hybridized carbons (Fsp3) is 0.304. The van der Waals surface area contributed by atoms with E-state index in [2.05, 4.69) is 15.6 Å². The van der Waals surface area contributed by atoms with E-state index in [9.17, 15) is 17.6 Å². The second kappa shape index (κ2) is 10.0. The van der Waals surface area contributed by atoms with Gasteiger partial charge in [-0.25, -0.2) is 12.8 Å². The highest BCUT2D eigenvalue weighted by Crippen LogP contribution is 2.25. The molecule has 1 amide bonds. The fourth-order valence-electron chi connectivity index (χ4n) is 3.93. The number of benzene rings is 2. The molecule has 1 unspecified atom stereocenters. The molecule has 0 spiro atoms. The normalized spacial score (nSPS) is 17.1. The maximum atomic E-state index is 13.2. The Balaban J connectivity index is 1.31. The summed E-state index contributed by atoms with van der Waals surface area (Å²) in [4.78, 5) is 17.0. The van der Waals surface area contributed by atoms with Gasteiger partial charge in [-0.3, -0.25) is 9.78 Å². The van der Waals surface area contributed by atoms with Crippen LogP contribution in [0.2, 0.25) is 5.02 Å². The summed E-state index contributed by atoms with van der Waals surface area (Å²) in [7, 11) is -3.77. The van der Waals surface area contributed by atoms with Crippen molar-refractivity contribution in [3.05, 3.63) is 65.6 Å². The number of carbonyl (C=O) groups excluding carboxylic acids is 1. The standard InChI is InChI=1S/C23H24ClFN4O3S/c24-17-3-8-20-21(9-10-26-22(20)14-17)27-11-12-28-23(30)16-2-1-13-29(15-16)33(31,32)19-6-4-18(25)5-7-19/h3-10,14,16H,1-2,11-13,15H2,(H,26,27)(H,28,30). The molecule has 3 aromatic rings. The minimum absolute atomic E-state index is 0.0278. The van der Waals surface area contributed by atoms with Gasteiger partial charge in [-0.15, -0.1) is 0 Å². The lowest BCUT2D eigenvalue weighted by Crippen LogP contribution is -2.46. The van der Waals surface area contributed by atoms with Crippen molar-refractivity contribution in [2.75, 3.05) is 31.5 Å². The van der Waals surface area contributed by atoms with Crippen LogP contribution in [0.3, 0.4) is 0 Å². The zero-order valence-electron chi connectivity index (χ0n) is 17.8. The van der Waals surface area contributed by atoms with Crippen LogP contribution < -0.4 is 10.6 Å². The Morgan fingerprint density at radius 1 is 1.15 bits per heavy atom. The summed E-state index contributed by atoms with van der Waals surface area (Å²) < 4.78 is 40.2. The van der Waals surface area contributed by atoms with Crippen molar-refractivity contribution in [2.45, 2.75) is 17.7 Å². The van der Waals surface area contributed by atoms with Crippen LogP contribution in [0.4, 0.5) is 10.1 Å². The van der Waals surface area contributed by atoms with Gasteiger partial charge in [0.1, 0.15) is 5.82 Å². The maximum Gasteiger partial charge on any atom is 0.243 e. The third kappa shape index (κ3) is 5.43. The number of hydrogen-bond acceptors (Lipinski definition) is 5. The number of hydrogen-bond donors (Lipinski definition) is 2. The number of amides is 1. The number of anilines is 1. The number of fused-ring (bicyclic) bond motifs is 1. The lowest BCUT2D eigenvalue weighted by molar-refractivity contribution is -0.125. The molecule has 0 saturated carbocycles. The van der Waals surface area contributed by atoms with Gasteiger partial charge in [0.15, 0.2) is 0 Å². The predicted molar refractivity (Wildman–Crippen MR) is 126 cm³/mol. The Labute approximate surface area is 197 Å². The molecule has 0 aliphatic carbocycles. The van der Waals surface area contributed by atoms with Crippen molar-refractivity contribution in [3.8, 4) is 0 Å². The highest BCUT2D eigenvalue weighted by molar-refractivity contribution is 7.89. The van der Waals surface area contributed by atoms with Crippen molar-refractivity contribution < 1.29 is 17.6 Å². The van der Waals surface area contributed by atoms with E-state index in [1.807, 2.05) is 12.1 Å². The van der Waals surface area contributed by atoms with E-state index in [1.54, 1.807) is 18.3 Å². The first kappa shape index (κ1) is 23.4. The molecule has 0 radical (unpaired) electrons. The fourth-order valence-corrected chi connectivity index (χ4v) is 5.62. The zero-order valence-corrected chi connectivity index (χ0v) is 19.4.